The van der Waals surface area contributed by atoms with Crippen LogP contribution in [0.4, 0.5) is 5.69 Å². The number of ether oxygens (including phenoxy) is 1. The van der Waals surface area contributed by atoms with E-state index in [1.165, 1.54) is 12.5 Å². The van der Waals surface area contributed by atoms with Crippen molar-refractivity contribution in [1.29, 1.82) is 0 Å². The predicted molar refractivity (Wildman–Crippen MR) is 121 cm³/mol. The zero-order chi connectivity index (χ0) is 21.3. The van der Waals surface area contributed by atoms with Crippen LogP contribution in [0.25, 0.3) is 6.08 Å². The standard InChI is InChI=1S/C24H27ClN2O3/c1-2-30-20-12-8-17(9-13-20)10-15-23(28)26-19-11-14-22(25)21(16-19)24(29)27-18-6-4-3-5-7-18/h8-16,18H,2-7H2,1H3,(H,26,28)(H,27,29)/b15-10+. The Morgan fingerprint density at radius 1 is 1.10 bits per heavy atom. The van der Waals surface area contributed by atoms with Crippen LogP contribution in [0.5, 0.6) is 5.75 Å². The van der Waals surface area contributed by atoms with E-state index in [-0.39, 0.29) is 17.9 Å². The van der Waals surface area contributed by atoms with Crippen LogP contribution < -0.4 is 15.4 Å². The monoisotopic (exact) mass is 426 g/mol. The maximum absolute atomic E-state index is 12.6. The molecule has 1 saturated carbocycles. The Morgan fingerprint density at radius 3 is 2.53 bits per heavy atom. The molecule has 30 heavy (non-hydrogen) atoms. The van der Waals surface area contributed by atoms with Gasteiger partial charge in [0.1, 0.15) is 5.75 Å². The molecule has 2 aromatic rings. The normalized spacial score (nSPS) is 14.5. The topological polar surface area (TPSA) is 67.4 Å². The largest absolute Gasteiger partial charge is 0.494 e. The molecule has 5 nitrogen and oxygen atoms in total. The Kier molecular flexibility index (Phi) is 7.91. The van der Waals surface area contributed by atoms with Gasteiger partial charge in [0.05, 0.1) is 17.2 Å². The van der Waals surface area contributed by atoms with E-state index in [1.807, 2.05) is 31.2 Å². The average molecular weight is 427 g/mol. The van der Waals surface area contributed by atoms with Crippen molar-refractivity contribution in [2.75, 3.05) is 11.9 Å². The third kappa shape index (κ3) is 6.36. The summed E-state index contributed by atoms with van der Waals surface area (Å²) in [4.78, 5) is 24.9. The molecule has 0 unspecified atom stereocenters. The molecule has 0 aliphatic heterocycles. The molecule has 1 aliphatic carbocycles. The van der Waals surface area contributed by atoms with Gasteiger partial charge in [-0.15, -0.1) is 0 Å². The number of carbonyl (C=O) groups excluding carboxylic acids is 2. The zero-order valence-corrected chi connectivity index (χ0v) is 17.9. The lowest BCUT2D eigenvalue weighted by atomic mass is 9.95. The van der Waals surface area contributed by atoms with Gasteiger partial charge in [-0.3, -0.25) is 9.59 Å². The molecular weight excluding hydrogens is 400 g/mol. The number of halogens is 1. The number of anilines is 1. The maximum atomic E-state index is 12.6. The first-order chi connectivity index (χ1) is 14.5. The summed E-state index contributed by atoms with van der Waals surface area (Å²) < 4.78 is 5.41. The number of nitrogens with one attached hydrogen (secondary N) is 2. The summed E-state index contributed by atoms with van der Waals surface area (Å²) in [7, 11) is 0. The summed E-state index contributed by atoms with van der Waals surface area (Å²) in [6, 6.07) is 12.6. The van der Waals surface area contributed by atoms with Gasteiger partial charge in [-0.05, 0) is 61.7 Å². The maximum Gasteiger partial charge on any atom is 0.253 e. The molecule has 0 bridgehead atoms. The number of benzene rings is 2. The molecule has 2 N–H and O–H groups in total. The lowest BCUT2D eigenvalue weighted by Gasteiger charge is -2.23. The highest BCUT2D eigenvalue weighted by molar-refractivity contribution is 6.34. The van der Waals surface area contributed by atoms with E-state index in [9.17, 15) is 9.59 Å². The van der Waals surface area contributed by atoms with Crippen molar-refractivity contribution >= 4 is 35.2 Å². The van der Waals surface area contributed by atoms with Crippen LogP contribution in [-0.4, -0.2) is 24.5 Å². The van der Waals surface area contributed by atoms with Crippen molar-refractivity contribution in [2.45, 2.75) is 45.1 Å². The van der Waals surface area contributed by atoms with Crippen molar-refractivity contribution < 1.29 is 14.3 Å². The average Bonchev–Trinajstić information content (AvgIpc) is 2.75. The van der Waals surface area contributed by atoms with Gasteiger partial charge >= 0.3 is 0 Å². The fourth-order valence-electron chi connectivity index (χ4n) is 3.48. The van der Waals surface area contributed by atoms with Crippen molar-refractivity contribution in [1.82, 2.24) is 5.32 Å². The Labute approximate surface area is 182 Å². The van der Waals surface area contributed by atoms with Crippen LogP contribution in [-0.2, 0) is 4.79 Å². The summed E-state index contributed by atoms with van der Waals surface area (Å²) in [5, 5.41) is 6.20. The molecule has 0 saturated heterocycles. The van der Waals surface area contributed by atoms with Gasteiger partial charge in [-0.1, -0.05) is 43.0 Å². The molecule has 158 valence electrons. The molecule has 0 radical (unpaired) electrons. The summed E-state index contributed by atoms with van der Waals surface area (Å²) in [6.07, 6.45) is 8.65. The van der Waals surface area contributed by atoms with E-state index in [0.717, 1.165) is 37.0 Å². The van der Waals surface area contributed by atoms with Crippen LogP contribution in [0.3, 0.4) is 0 Å². The molecule has 1 fully saturated rings. The van der Waals surface area contributed by atoms with Crippen LogP contribution >= 0.6 is 11.6 Å². The number of amides is 2. The number of hydrogen-bond donors (Lipinski definition) is 2. The lowest BCUT2D eigenvalue weighted by molar-refractivity contribution is -0.111. The first kappa shape index (κ1) is 21.9. The SMILES string of the molecule is CCOc1ccc(/C=C/C(=O)Nc2ccc(Cl)c(C(=O)NC3CCCCC3)c2)cc1. The van der Waals surface area contributed by atoms with Crippen LogP contribution in [0, 0.1) is 0 Å². The second-order valence-corrected chi connectivity index (χ2v) is 7.73. The van der Waals surface area contributed by atoms with Gasteiger partial charge in [0.25, 0.3) is 5.91 Å². The second-order valence-electron chi connectivity index (χ2n) is 7.33. The Hall–Kier alpha value is -2.79. The molecule has 0 aromatic heterocycles. The predicted octanol–water partition coefficient (Wildman–Crippen LogP) is 5.45. The van der Waals surface area contributed by atoms with E-state index in [4.69, 9.17) is 16.3 Å². The minimum absolute atomic E-state index is 0.192. The van der Waals surface area contributed by atoms with Crippen LogP contribution in [0.2, 0.25) is 5.02 Å². The highest BCUT2D eigenvalue weighted by atomic mass is 35.5. The van der Waals surface area contributed by atoms with E-state index in [2.05, 4.69) is 10.6 Å². The molecule has 0 atom stereocenters. The van der Waals surface area contributed by atoms with Gasteiger partial charge in [-0.2, -0.15) is 0 Å². The Bertz CT molecular complexity index is 903. The van der Waals surface area contributed by atoms with E-state index in [1.54, 1.807) is 24.3 Å². The first-order valence-corrected chi connectivity index (χ1v) is 10.8. The summed E-state index contributed by atoms with van der Waals surface area (Å²) in [5.41, 5.74) is 1.78. The summed E-state index contributed by atoms with van der Waals surface area (Å²) in [5.74, 6) is 0.303. The second kappa shape index (κ2) is 10.8. The molecular formula is C24H27ClN2O3. The van der Waals surface area contributed by atoms with Crippen molar-refractivity contribution in [3.63, 3.8) is 0 Å². The minimum Gasteiger partial charge on any atom is -0.494 e. The highest BCUT2D eigenvalue weighted by Crippen LogP contribution is 2.23. The molecule has 1 aliphatic rings. The first-order valence-electron chi connectivity index (χ1n) is 10.4. The van der Waals surface area contributed by atoms with Crippen molar-refractivity contribution in [2.24, 2.45) is 0 Å². The van der Waals surface area contributed by atoms with Gasteiger partial charge in [0.2, 0.25) is 5.91 Å². The van der Waals surface area contributed by atoms with Gasteiger partial charge in [0.15, 0.2) is 0 Å². The molecule has 2 aromatic carbocycles. The third-order valence-electron chi connectivity index (χ3n) is 5.04. The van der Waals surface area contributed by atoms with Gasteiger partial charge in [-0.25, -0.2) is 0 Å². The smallest absolute Gasteiger partial charge is 0.253 e. The molecule has 6 heteroatoms. The van der Waals surface area contributed by atoms with Crippen LogP contribution in [0.1, 0.15) is 54.9 Å². The third-order valence-corrected chi connectivity index (χ3v) is 5.37. The lowest BCUT2D eigenvalue weighted by Crippen LogP contribution is -2.36. The quantitative estimate of drug-likeness (QED) is 0.578. The Morgan fingerprint density at radius 2 is 1.83 bits per heavy atom. The number of rotatable bonds is 7. The van der Waals surface area contributed by atoms with Crippen molar-refractivity contribution in [3.05, 3.63) is 64.7 Å². The Balaban J connectivity index is 1.60. The van der Waals surface area contributed by atoms with E-state index < -0.39 is 0 Å². The number of hydrogen-bond acceptors (Lipinski definition) is 3. The van der Waals surface area contributed by atoms with Gasteiger partial charge < -0.3 is 15.4 Å². The fourth-order valence-corrected chi connectivity index (χ4v) is 3.69. The van der Waals surface area contributed by atoms with Crippen LogP contribution in [0.15, 0.2) is 48.5 Å². The minimum atomic E-state index is -0.287. The summed E-state index contributed by atoms with van der Waals surface area (Å²) >= 11 is 6.22. The highest BCUT2D eigenvalue weighted by Gasteiger charge is 2.18. The fraction of sp³-hybridized carbons (Fsp3) is 0.333. The summed E-state index contributed by atoms with van der Waals surface area (Å²) in [6.45, 7) is 2.54. The van der Waals surface area contributed by atoms with E-state index in [0.29, 0.717) is 22.9 Å². The molecule has 0 spiro atoms. The number of carbonyl (C=O) groups is 2. The van der Waals surface area contributed by atoms with Crippen molar-refractivity contribution in [3.8, 4) is 5.75 Å². The van der Waals surface area contributed by atoms with E-state index >= 15 is 0 Å². The zero-order valence-electron chi connectivity index (χ0n) is 17.1. The molecule has 0 heterocycles. The molecule has 3 rings (SSSR count). The van der Waals surface area contributed by atoms with Gasteiger partial charge in [0, 0.05) is 17.8 Å². The molecule has 2 amide bonds.